The summed E-state index contributed by atoms with van der Waals surface area (Å²) in [5.74, 6) is -0.0213. The van der Waals surface area contributed by atoms with Crippen LogP contribution in [0.3, 0.4) is 0 Å². The molecule has 0 unspecified atom stereocenters. The van der Waals surface area contributed by atoms with Gasteiger partial charge in [0.2, 0.25) is 0 Å². The second kappa shape index (κ2) is 7.93. The molecule has 0 aliphatic carbocycles. The number of carbonyl (C=O) groups excluding carboxylic acids is 1. The molecule has 2 heterocycles. The fourth-order valence-corrected chi connectivity index (χ4v) is 2.98. The van der Waals surface area contributed by atoms with Gasteiger partial charge in [-0.15, -0.1) is 0 Å². The van der Waals surface area contributed by atoms with E-state index in [1.165, 1.54) is 18.3 Å². The van der Waals surface area contributed by atoms with E-state index < -0.39 is 0 Å². The third-order valence-electron chi connectivity index (χ3n) is 4.37. The third-order valence-corrected chi connectivity index (χ3v) is 4.37. The average Bonchev–Trinajstić information content (AvgIpc) is 3.20. The Labute approximate surface area is 166 Å². The summed E-state index contributed by atoms with van der Waals surface area (Å²) in [6, 6.07) is 16.6. The summed E-state index contributed by atoms with van der Waals surface area (Å²) in [4.78, 5) is 17.0. The molecule has 7 heteroatoms. The Balaban J connectivity index is 1.75. The van der Waals surface area contributed by atoms with Crippen molar-refractivity contribution in [2.45, 2.75) is 0 Å². The van der Waals surface area contributed by atoms with E-state index in [0.717, 1.165) is 5.56 Å². The van der Waals surface area contributed by atoms with Gasteiger partial charge in [0.15, 0.2) is 0 Å². The molecular weight excluding hydrogens is 371 g/mol. The number of ether oxygens (including phenoxy) is 1. The lowest BCUT2D eigenvalue weighted by atomic mass is 10.1. The van der Waals surface area contributed by atoms with Gasteiger partial charge in [0, 0.05) is 23.6 Å². The number of halogens is 1. The summed E-state index contributed by atoms with van der Waals surface area (Å²) in [7, 11) is 1.58. The van der Waals surface area contributed by atoms with Crippen LogP contribution in [-0.2, 0) is 0 Å². The van der Waals surface area contributed by atoms with E-state index in [1.807, 2.05) is 0 Å². The molecule has 2 aromatic carbocycles. The maximum Gasteiger partial charge on any atom is 0.259 e. The zero-order chi connectivity index (χ0) is 20.2. The topological polar surface area (TPSA) is 69.0 Å². The molecule has 0 fully saturated rings. The number of benzene rings is 2. The standard InChI is InChI=1S/C22H17FN4O2/c1-29-19-7-5-17(6-8-19)26-22(28)20-14-25-27(18-4-2-3-16(23)13-18)21(20)15-9-11-24-12-10-15/h2-14H,1H3,(H,26,28). The smallest absolute Gasteiger partial charge is 0.259 e. The zero-order valence-electron chi connectivity index (χ0n) is 15.5. The van der Waals surface area contributed by atoms with Crippen LogP contribution in [0.15, 0.2) is 79.3 Å². The second-order valence-electron chi connectivity index (χ2n) is 6.22. The normalized spacial score (nSPS) is 10.6. The van der Waals surface area contributed by atoms with Gasteiger partial charge in [-0.2, -0.15) is 5.10 Å². The van der Waals surface area contributed by atoms with Crippen LogP contribution in [-0.4, -0.2) is 27.8 Å². The molecule has 1 N–H and O–H groups in total. The molecule has 2 aromatic heterocycles. The van der Waals surface area contributed by atoms with E-state index in [2.05, 4.69) is 15.4 Å². The Kier molecular flexibility index (Phi) is 5.03. The van der Waals surface area contributed by atoms with Gasteiger partial charge in [-0.1, -0.05) is 6.07 Å². The first-order valence-corrected chi connectivity index (χ1v) is 8.85. The van der Waals surface area contributed by atoms with Crippen molar-refractivity contribution in [2.75, 3.05) is 12.4 Å². The van der Waals surface area contributed by atoms with Crippen molar-refractivity contribution in [1.82, 2.24) is 14.8 Å². The Hall–Kier alpha value is -4.00. The largest absolute Gasteiger partial charge is 0.497 e. The lowest BCUT2D eigenvalue weighted by molar-refractivity contribution is 0.102. The Bertz CT molecular complexity index is 1140. The number of amides is 1. The van der Waals surface area contributed by atoms with Crippen molar-refractivity contribution in [3.63, 3.8) is 0 Å². The van der Waals surface area contributed by atoms with E-state index in [4.69, 9.17) is 4.74 Å². The summed E-state index contributed by atoms with van der Waals surface area (Å²) >= 11 is 0. The van der Waals surface area contributed by atoms with Crippen LogP contribution in [0.4, 0.5) is 10.1 Å². The molecule has 0 atom stereocenters. The minimum Gasteiger partial charge on any atom is -0.497 e. The number of hydrogen-bond acceptors (Lipinski definition) is 4. The number of pyridine rings is 1. The van der Waals surface area contributed by atoms with Gasteiger partial charge in [0.05, 0.1) is 30.3 Å². The summed E-state index contributed by atoms with van der Waals surface area (Å²) in [5, 5.41) is 7.20. The van der Waals surface area contributed by atoms with Gasteiger partial charge >= 0.3 is 0 Å². The van der Waals surface area contributed by atoms with Crippen LogP contribution in [0.25, 0.3) is 16.9 Å². The molecular formula is C22H17FN4O2. The van der Waals surface area contributed by atoms with Crippen LogP contribution < -0.4 is 10.1 Å². The molecule has 0 saturated carbocycles. The minimum atomic E-state index is -0.386. The number of nitrogens with one attached hydrogen (secondary N) is 1. The summed E-state index contributed by atoms with van der Waals surface area (Å²) in [6.45, 7) is 0. The highest BCUT2D eigenvalue weighted by Crippen LogP contribution is 2.27. The average molecular weight is 388 g/mol. The quantitative estimate of drug-likeness (QED) is 0.552. The lowest BCUT2D eigenvalue weighted by Crippen LogP contribution is -2.13. The maximum atomic E-state index is 13.8. The number of carbonyl (C=O) groups is 1. The molecule has 0 spiro atoms. The number of rotatable bonds is 5. The molecule has 0 aliphatic heterocycles. The van der Waals surface area contributed by atoms with Crippen molar-refractivity contribution in [3.05, 3.63) is 90.6 Å². The fourth-order valence-electron chi connectivity index (χ4n) is 2.98. The van der Waals surface area contributed by atoms with E-state index in [0.29, 0.717) is 28.4 Å². The van der Waals surface area contributed by atoms with Gasteiger partial charge < -0.3 is 10.1 Å². The third kappa shape index (κ3) is 3.84. The number of hydrogen-bond donors (Lipinski definition) is 1. The van der Waals surface area contributed by atoms with Gasteiger partial charge in [-0.05, 0) is 54.6 Å². The van der Waals surface area contributed by atoms with Crippen molar-refractivity contribution in [1.29, 1.82) is 0 Å². The van der Waals surface area contributed by atoms with Gasteiger partial charge in [-0.25, -0.2) is 9.07 Å². The molecule has 144 valence electrons. The first kappa shape index (κ1) is 18.4. The zero-order valence-corrected chi connectivity index (χ0v) is 15.5. The van der Waals surface area contributed by atoms with E-state index >= 15 is 0 Å². The molecule has 6 nitrogen and oxygen atoms in total. The number of anilines is 1. The first-order valence-electron chi connectivity index (χ1n) is 8.85. The predicted octanol–water partition coefficient (Wildman–Crippen LogP) is 4.33. The van der Waals surface area contributed by atoms with Crippen molar-refractivity contribution >= 4 is 11.6 Å². The van der Waals surface area contributed by atoms with Crippen molar-refractivity contribution < 1.29 is 13.9 Å². The van der Waals surface area contributed by atoms with Crippen molar-refractivity contribution in [3.8, 4) is 22.7 Å². The molecule has 4 aromatic rings. The van der Waals surface area contributed by atoms with Crippen LogP contribution in [0.5, 0.6) is 5.75 Å². The van der Waals surface area contributed by atoms with Crippen molar-refractivity contribution in [2.24, 2.45) is 0 Å². The van der Waals surface area contributed by atoms with Crippen LogP contribution in [0.1, 0.15) is 10.4 Å². The SMILES string of the molecule is COc1ccc(NC(=O)c2cnn(-c3cccc(F)c3)c2-c2ccncc2)cc1. The number of nitrogens with zero attached hydrogens (tertiary/aromatic N) is 3. The van der Waals surface area contributed by atoms with Crippen LogP contribution in [0.2, 0.25) is 0 Å². The molecule has 0 radical (unpaired) electrons. The first-order chi connectivity index (χ1) is 14.2. The van der Waals surface area contributed by atoms with E-state index in [1.54, 1.807) is 72.7 Å². The molecule has 29 heavy (non-hydrogen) atoms. The monoisotopic (exact) mass is 388 g/mol. The van der Waals surface area contributed by atoms with E-state index in [9.17, 15) is 9.18 Å². The number of aromatic nitrogens is 3. The Morgan fingerprint density at radius 1 is 1.07 bits per heavy atom. The molecule has 0 bridgehead atoms. The number of methoxy groups -OCH3 is 1. The predicted molar refractivity (Wildman–Crippen MR) is 108 cm³/mol. The van der Waals surface area contributed by atoms with Gasteiger partial charge in [-0.3, -0.25) is 9.78 Å². The summed E-state index contributed by atoms with van der Waals surface area (Å²) in [5.41, 5.74) is 2.78. The maximum absolute atomic E-state index is 13.8. The highest BCUT2D eigenvalue weighted by molar-refractivity contribution is 6.08. The fraction of sp³-hybridized carbons (Fsp3) is 0.0455. The molecule has 4 rings (SSSR count). The van der Waals surface area contributed by atoms with Gasteiger partial charge in [0.25, 0.3) is 5.91 Å². The summed E-state index contributed by atoms with van der Waals surface area (Å²) < 4.78 is 20.4. The molecule has 1 amide bonds. The Morgan fingerprint density at radius 2 is 1.83 bits per heavy atom. The highest BCUT2D eigenvalue weighted by atomic mass is 19.1. The van der Waals surface area contributed by atoms with Gasteiger partial charge in [0.1, 0.15) is 11.6 Å². The molecule has 0 saturated heterocycles. The lowest BCUT2D eigenvalue weighted by Gasteiger charge is -2.11. The molecule has 0 aliphatic rings. The minimum absolute atomic E-state index is 0.329. The van der Waals surface area contributed by atoms with Crippen LogP contribution in [0, 0.1) is 5.82 Å². The van der Waals surface area contributed by atoms with Crippen LogP contribution >= 0.6 is 0 Å². The second-order valence-corrected chi connectivity index (χ2v) is 6.22. The summed E-state index contributed by atoms with van der Waals surface area (Å²) in [6.07, 6.45) is 4.73. The van der Waals surface area contributed by atoms with E-state index in [-0.39, 0.29) is 11.7 Å². The highest BCUT2D eigenvalue weighted by Gasteiger charge is 2.20. The Morgan fingerprint density at radius 3 is 2.52 bits per heavy atom.